The van der Waals surface area contributed by atoms with Crippen LogP contribution >= 0.6 is 12.2 Å². The maximum atomic E-state index is 11.9. The number of anilines is 2. The van der Waals surface area contributed by atoms with Gasteiger partial charge in [0, 0.05) is 36.5 Å². The average molecular weight is 384 g/mol. The predicted octanol–water partition coefficient (Wildman–Crippen LogP) is 3.08. The van der Waals surface area contributed by atoms with Gasteiger partial charge in [-0.25, -0.2) is 0 Å². The molecule has 0 atom stereocenters. The standard InChI is InChI=1S/C18H16N4O4S/c1-12(23)19-14-3-2-4-15(11-14)20-18(27)21-17(24)10-7-13-5-8-16(9-6-13)22(25)26/h2-11H,1H3,(H,19,23)(H2,20,21,24,27)/b10-7+. The van der Waals surface area contributed by atoms with E-state index in [1.165, 1.54) is 43.3 Å². The molecule has 138 valence electrons. The van der Waals surface area contributed by atoms with Crippen molar-refractivity contribution in [3.8, 4) is 0 Å². The van der Waals surface area contributed by atoms with Crippen LogP contribution in [0.2, 0.25) is 0 Å². The molecule has 0 radical (unpaired) electrons. The summed E-state index contributed by atoms with van der Waals surface area (Å²) in [6.07, 6.45) is 2.78. The molecule has 2 aromatic carbocycles. The Bertz CT molecular complexity index is 910. The van der Waals surface area contributed by atoms with Gasteiger partial charge >= 0.3 is 0 Å². The molecule has 0 fully saturated rings. The van der Waals surface area contributed by atoms with Crippen LogP contribution in [0.1, 0.15) is 12.5 Å². The van der Waals surface area contributed by atoms with E-state index >= 15 is 0 Å². The molecule has 9 heteroatoms. The Hall–Kier alpha value is -3.59. The Labute approximate surface area is 160 Å². The lowest BCUT2D eigenvalue weighted by Gasteiger charge is -2.10. The number of nitro benzene ring substituents is 1. The second-order valence-corrected chi connectivity index (χ2v) is 5.80. The van der Waals surface area contributed by atoms with Crippen LogP contribution in [0.3, 0.4) is 0 Å². The van der Waals surface area contributed by atoms with Gasteiger partial charge in [0.15, 0.2) is 5.11 Å². The molecule has 0 bridgehead atoms. The highest BCUT2D eigenvalue weighted by Crippen LogP contribution is 2.15. The third-order valence-electron chi connectivity index (χ3n) is 3.21. The van der Waals surface area contributed by atoms with Gasteiger partial charge in [-0.3, -0.25) is 25.0 Å². The lowest BCUT2D eigenvalue weighted by molar-refractivity contribution is -0.384. The van der Waals surface area contributed by atoms with E-state index in [1.54, 1.807) is 24.3 Å². The normalized spacial score (nSPS) is 10.3. The number of nitrogens with zero attached hydrogens (tertiary/aromatic N) is 1. The van der Waals surface area contributed by atoms with E-state index in [1.807, 2.05) is 0 Å². The van der Waals surface area contributed by atoms with Crippen molar-refractivity contribution in [2.75, 3.05) is 10.6 Å². The van der Waals surface area contributed by atoms with Crippen LogP contribution in [-0.2, 0) is 9.59 Å². The first-order valence-corrected chi connectivity index (χ1v) is 8.16. The summed E-state index contributed by atoms with van der Waals surface area (Å²) in [5.74, 6) is -0.650. The maximum absolute atomic E-state index is 11.9. The summed E-state index contributed by atoms with van der Waals surface area (Å²) in [4.78, 5) is 33.1. The molecule has 0 saturated carbocycles. The van der Waals surface area contributed by atoms with E-state index in [0.29, 0.717) is 16.9 Å². The number of amides is 2. The Morgan fingerprint density at radius 1 is 1.07 bits per heavy atom. The Balaban J connectivity index is 1.90. The van der Waals surface area contributed by atoms with Gasteiger partial charge in [-0.2, -0.15) is 0 Å². The minimum absolute atomic E-state index is 0.0246. The van der Waals surface area contributed by atoms with Crippen molar-refractivity contribution in [2.24, 2.45) is 0 Å². The Morgan fingerprint density at radius 2 is 1.70 bits per heavy atom. The number of benzene rings is 2. The van der Waals surface area contributed by atoms with Crippen LogP contribution in [0.4, 0.5) is 17.1 Å². The maximum Gasteiger partial charge on any atom is 0.269 e. The number of carbonyl (C=O) groups is 2. The van der Waals surface area contributed by atoms with Crippen LogP contribution in [0.15, 0.2) is 54.6 Å². The first kappa shape index (κ1) is 19.7. The second-order valence-electron chi connectivity index (χ2n) is 5.39. The van der Waals surface area contributed by atoms with Gasteiger partial charge < -0.3 is 10.6 Å². The zero-order chi connectivity index (χ0) is 19.8. The first-order valence-electron chi connectivity index (χ1n) is 7.75. The highest BCUT2D eigenvalue weighted by atomic mass is 32.1. The van der Waals surface area contributed by atoms with Gasteiger partial charge in [-0.05, 0) is 54.2 Å². The van der Waals surface area contributed by atoms with Crippen molar-refractivity contribution in [3.63, 3.8) is 0 Å². The number of rotatable bonds is 5. The van der Waals surface area contributed by atoms with Gasteiger partial charge in [0.25, 0.3) is 5.69 Å². The molecule has 2 rings (SSSR count). The topological polar surface area (TPSA) is 113 Å². The predicted molar refractivity (Wildman–Crippen MR) is 107 cm³/mol. The van der Waals surface area contributed by atoms with Crippen LogP contribution in [0, 0.1) is 10.1 Å². The number of nitrogens with one attached hydrogen (secondary N) is 3. The largest absolute Gasteiger partial charge is 0.332 e. The Kier molecular flexibility index (Phi) is 6.73. The third kappa shape index (κ3) is 6.67. The van der Waals surface area contributed by atoms with Gasteiger partial charge in [0.1, 0.15) is 0 Å². The second kappa shape index (κ2) is 9.20. The molecule has 0 unspecified atom stereocenters. The minimum atomic E-state index is -0.495. The average Bonchev–Trinajstić information content (AvgIpc) is 2.60. The monoisotopic (exact) mass is 384 g/mol. The smallest absolute Gasteiger partial charge is 0.269 e. The van der Waals surface area contributed by atoms with Crippen molar-refractivity contribution in [2.45, 2.75) is 6.92 Å². The van der Waals surface area contributed by atoms with E-state index in [-0.39, 0.29) is 16.7 Å². The van der Waals surface area contributed by atoms with Gasteiger partial charge in [-0.1, -0.05) is 6.07 Å². The number of hydrogen-bond acceptors (Lipinski definition) is 5. The minimum Gasteiger partial charge on any atom is -0.332 e. The van der Waals surface area contributed by atoms with Crippen LogP contribution in [0.5, 0.6) is 0 Å². The fraction of sp³-hybridized carbons (Fsp3) is 0.0556. The van der Waals surface area contributed by atoms with Crippen LogP contribution < -0.4 is 16.0 Å². The van der Waals surface area contributed by atoms with Crippen LogP contribution in [-0.4, -0.2) is 21.9 Å². The zero-order valence-corrected chi connectivity index (χ0v) is 15.1. The van der Waals surface area contributed by atoms with E-state index in [0.717, 1.165) is 0 Å². The van der Waals surface area contributed by atoms with E-state index in [9.17, 15) is 19.7 Å². The summed E-state index contributed by atoms with van der Waals surface area (Å²) in [7, 11) is 0. The zero-order valence-electron chi connectivity index (χ0n) is 14.3. The molecule has 0 aliphatic carbocycles. The summed E-state index contributed by atoms with van der Waals surface area (Å²) in [5, 5.41) is 18.7. The van der Waals surface area contributed by atoms with Crippen molar-refractivity contribution < 1.29 is 14.5 Å². The van der Waals surface area contributed by atoms with Crippen molar-refractivity contribution in [1.29, 1.82) is 0 Å². The number of non-ortho nitro benzene ring substituents is 1. The number of nitro groups is 1. The molecule has 3 N–H and O–H groups in total. The molecule has 0 aromatic heterocycles. The fourth-order valence-electron chi connectivity index (χ4n) is 2.07. The summed E-state index contributed by atoms with van der Waals surface area (Å²) in [6, 6.07) is 12.6. The first-order chi connectivity index (χ1) is 12.8. The number of hydrogen-bond donors (Lipinski definition) is 3. The van der Waals surface area contributed by atoms with Gasteiger partial charge in [0.05, 0.1) is 4.92 Å². The highest BCUT2D eigenvalue weighted by molar-refractivity contribution is 7.80. The summed E-state index contributed by atoms with van der Waals surface area (Å²) >= 11 is 5.08. The molecule has 0 saturated heterocycles. The summed E-state index contributed by atoms with van der Waals surface area (Å²) < 4.78 is 0. The van der Waals surface area contributed by atoms with Gasteiger partial charge in [-0.15, -0.1) is 0 Å². The molecule has 0 aliphatic heterocycles. The molecule has 0 spiro atoms. The molecule has 2 amide bonds. The molecular weight excluding hydrogens is 368 g/mol. The van der Waals surface area contributed by atoms with Crippen LogP contribution in [0.25, 0.3) is 6.08 Å². The molecule has 0 heterocycles. The summed E-state index contributed by atoms with van der Waals surface area (Å²) in [5.41, 5.74) is 1.81. The molecule has 2 aromatic rings. The number of carbonyl (C=O) groups excluding carboxylic acids is 2. The van der Waals surface area contributed by atoms with E-state index in [2.05, 4.69) is 16.0 Å². The van der Waals surface area contributed by atoms with Crippen molar-refractivity contribution >= 4 is 52.3 Å². The highest BCUT2D eigenvalue weighted by Gasteiger charge is 2.05. The van der Waals surface area contributed by atoms with Crippen molar-refractivity contribution in [3.05, 3.63) is 70.3 Å². The van der Waals surface area contributed by atoms with E-state index in [4.69, 9.17) is 12.2 Å². The third-order valence-corrected chi connectivity index (χ3v) is 3.41. The van der Waals surface area contributed by atoms with Gasteiger partial charge in [0.2, 0.25) is 11.8 Å². The quantitative estimate of drug-likeness (QED) is 0.316. The van der Waals surface area contributed by atoms with Crippen molar-refractivity contribution in [1.82, 2.24) is 5.32 Å². The SMILES string of the molecule is CC(=O)Nc1cccc(NC(=S)NC(=O)/C=C/c2ccc([N+](=O)[O-])cc2)c1. The lowest BCUT2D eigenvalue weighted by Crippen LogP contribution is -2.32. The summed E-state index contributed by atoms with van der Waals surface area (Å²) in [6.45, 7) is 1.40. The molecule has 0 aliphatic rings. The molecular formula is C18H16N4O4S. The molecule has 8 nitrogen and oxygen atoms in total. The fourth-order valence-corrected chi connectivity index (χ4v) is 2.29. The lowest BCUT2D eigenvalue weighted by atomic mass is 10.2. The number of thiocarbonyl (C=S) groups is 1. The Morgan fingerprint density at radius 3 is 2.30 bits per heavy atom. The van der Waals surface area contributed by atoms with E-state index < -0.39 is 10.8 Å². The molecule has 27 heavy (non-hydrogen) atoms.